The van der Waals surface area contributed by atoms with Crippen molar-refractivity contribution in [2.75, 3.05) is 0 Å². The first-order chi connectivity index (χ1) is 11.2. The largest absolute Gasteiger partial charge is 0.272 e. The molecular weight excluding hydrogens is 306 g/mol. The van der Waals surface area contributed by atoms with Crippen molar-refractivity contribution in [1.82, 2.24) is 10.4 Å². The third-order valence-electron chi connectivity index (χ3n) is 3.52. The molecule has 0 aliphatic heterocycles. The van der Waals surface area contributed by atoms with Crippen LogP contribution in [0.1, 0.15) is 34.3 Å². The van der Waals surface area contributed by atoms with Crippen LogP contribution < -0.4 is 5.43 Å². The maximum Gasteiger partial charge on any atom is 0.272 e. The predicted octanol–water partition coefficient (Wildman–Crippen LogP) is 4.15. The molecule has 3 aromatic rings. The molecule has 5 heteroatoms. The summed E-state index contributed by atoms with van der Waals surface area (Å²) in [7, 11) is 0. The summed E-state index contributed by atoms with van der Waals surface area (Å²) in [6.07, 6.45) is 0.761. The fraction of sp³-hybridized carbons (Fsp3) is 0.167. The zero-order chi connectivity index (χ0) is 16.2. The first kappa shape index (κ1) is 15.4. The van der Waals surface area contributed by atoms with Gasteiger partial charge in [-0.2, -0.15) is 5.10 Å². The van der Waals surface area contributed by atoms with E-state index in [2.05, 4.69) is 15.5 Å². The van der Waals surface area contributed by atoms with E-state index in [0.717, 1.165) is 33.6 Å². The average molecular weight is 323 g/mol. The van der Waals surface area contributed by atoms with E-state index in [1.807, 2.05) is 55.6 Å². The van der Waals surface area contributed by atoms with Gasteiger partial charge in [-0.1, -0.05) is 31.2 Å². The van der Waals surface area contributed by atoms with Gasteiger partial charge in [0.2, 0.25) is 0 Å². The Morgan fingerprint density at radius 1 is 1.26 bits per heavy atom. The molecule has 1 N–H and O–H groups in total. The van der Waals surface area contributed by atoms with Crippen LogP contribution in [0, 0.1) is 6.92 Å². The number of amides is 1. The van der Waals surface area contributed by atoms with Gasteiger partial charge >= 0.3 is 0 Å². The number of para-hydroxylation sites is 1. The number of hydrogen-bond acceptors (Lipinski definition) is 4. The molecule has 0 saturated carbocycles. The van der Waals surface area contributed by atoms with Gasteiger partial charge in [0.25, 0.3) is 5.91 Å². The van der Waals surface area contributed by atoms with Crippen LogP contribution in [0.4, 0.5) is 0 Å². The summed E-state index contributed by atoms with van der Waals surface area (Å²) in [6.45, 7) is 3.91. The van der Waals surface area contributed by atoms with Gasteiger partial charge in [-0.15, -0.1) is 11.3 Å². The number of carbonyl (C=O) groups excluding carboxylic acids is 1. The summed E-state index contributed by atoms with van der Waals surface area (Å²) < 4.78 is 0. The van der Waals surface area contributed by atoms with Gasteiger partial charge in [0, 0.05) is 11.1 Å². The molecule has 0 fully saturated rings. The molecule has 3 rings (SSSR count). The summed E-state index contributed by atoms with van der Waals surface area (Å²) in [6, 6.07) is 13.4. The molecule has 4 nitrogen and oxygen atoms in total. The second kappa shape index (κ2) is 6.71. The number of thiophene rings is 1. The fourth-order valence-electron chi connectivity index (χ4n) is 2.43. The molecule has 1 amide bonds. The molecule has 0 radical (unpaired) electrons. The highest BCUT2D eigenvalue weighted by molar-refractivity contribution is 7.12. The Morgan fingerprint density at radius 2 is 2.09 bits per heavy atom. The quantitative estimate of drug-likeness (QED) is 0.579. The molecule has 0 saturated heterocycles. The lowest BCUT2D eigenvalue weighted by Crippen LogP contribution is -2.20. The van der Waals surface area contributed by atoms with Crippen LogP contribution in [0.3, 0.4) is 0 Å². The maximum absolute atomic E-state index is 12.6. The predicted molar refractivity (Wildman–Crippen MR) is 95.1 cm³/mol. The van der Waals surface area contributed by atoms with Crippen LogP contribution in [0.2, 0.25) is 0 Å². The molecule has 0 aliphatic rings. The van der Waals surface area contributed by atoms with Crippen LogP contribution in [-0.2, 0) is 0 Å². The summed E-state index contributed by atoms with van der Waals surface area (Å²) in [5.74, 6) is -0.214. The van der Waals surface area contributed by atoms with Crippen LogP contribution in [0.15, 0.2) is 52.9 Å². The van der Waals surface area contributed by atoms with Crippen molar-refractivity contribution in [3.05, 3.63) is 64.0 Å². The zero-order valence-corrected chi connectivity index (χ0v) is 13.9. The van der Waals surface area contributed by atoms with Crippen molar-refractivity contribution >= 4 is 33.9 Å². The number of nitrogens with one attached hydrogen (secondary N) is 1. The molecule has 0 atom stereocenters. The first-order valence-corrected chi connectivity index (χ1v) is 8.34. The first-order valence-electron chi connectivity index (χ1n) is 7.46. The van der Waals surface area contributed by atoms with Crippen molar-refractivity contribution < 1.29 is 4.79 Å². The Morgan fingerprint density at radius 3 is 2.83 bits per heavy atom. The van der Waals surface area contributed by atoms with Crippen LogP contribution in [-0.4, -0.2) is 16.6 Å². The van der Waals surface area contributed by atoms with Crippen molar-refractivity contribution in [2.24, 2.45) is 5.10 Å². The average Bonchev–Trinajstić information content (AvgIpc) is 3.08. The Hall–Kier alpha value is -2.53. The molecule has 2 heterocycles. The number of benzene rings is 1. The number of rotatable bonds is 4. The SMILES string of the molecule is CC/C(=N/NC(=O)c1cc(C)nc2ccccc12)c1cccs1. The Kier molecular flexibility index (Phi) is 4.48. The molecule has 116 valence electrons. The minimum absolute atomic E-state index is 0.214. The van der Waals surface area contributed by atoms with E-state index in [1.165, 1.54) is 0 Å². The summed E-state index contributed by atoms with van der Waals surface area (Å²) >= 11 is 1.62. The monoisotopic (exact) mass is 323 g/mol. The van der Waals surface area contributed by atoms with E-state index >= 15 is 0 Å². The number of aromatic nitrogens is 1. The third-order valence-corrected chi connectivity index (χ3v) is 4.44. The second-order valence-corrected chi connectivity index (χ2v) is 6.11. The maximum atomic E-state index is 12.6. The van der Waals surface area contributed by atoms with E-state index in [0.29, 0.717) is 5.56 Å². The molecule has 0 aliphatic carbocycles. The number of fused-ring (bicyclic) bond motifs is 1. The fourth-order valence-corrected chi connectivity index (χ4v) is 3.21. The minimum Gasteiger partial charge on any atom is -0.267 e. The van der Waals surface area contributed by atoms with Crippen molar-refractivity contribution in [3.8, 4) is 0 Å². The number of pyridine rings is 1. The van der Waals surface area contributed by atoms with Crippen molar-refractivity contribution in [2.45, 2.75) is 20.3 Å². The van der Waals surface area contributed by atoms with E-state index in [9.17, 15) is 4.79 Å². The zero-order valence-electron chi connectivity index (χ0n) is 13.0. The summed E-state index contributed by atoms with van der Waals surface area (Å²) in [5, 5.41) is 7.14. The number of carbonyl (C=O) groups is 1. The number of aryl methyl sites for hydroxylation is 1. The minimum atomic E-state index is -0.214. The second-order valence-electron chi connectivity index (χ2n) is 5.16. The highest BCUT2D eigenvalue weighted by atomic mass is 32.1. The lowest BCUT2D eigenvalue weighted by atomic mass is 10.1. The topological polar surface area (TPSA) is 54.4 Å². The molecule has 1 aromatic carbocycles. The van der Waals surface area contributed by atoms with Gasteiger partial charge in [0.05, 0.1) is 21.7 Å². The molecule has 23 heavy (non-hydrogen) atoms. The smallest absolute Gasteiger partial charge is 0.267 e. The van der Waals surface area contributed by atoms with Gasteiger partial charge in [0.1, 0.15) is 0 Å². The lowest BCUT2D eigenvalue weighted by Gasteiger charge is -2.07. The highest BCUT2D eigenvalue weighted by Gasteiger charge is 2.12. The highest BCUT2D eigenvalue weighted by Crippen LogP contribution is 2.18. The van der Waals surface area contributed by atoms with Gasteiger partial charge < -0.3 is 0 Å². The number of nitrogens with zero attached hydrogens (tertiary/aromatic N) is 2. The van der Waals surface area contributed by atoms with Crippen LogP contribution in [0.25, 0.3) is 10.9 Å². The van der Waals surface area contributed by atoms with Gasteiger partial charge in [-0.25, -0.2) is 5.43 Å². The molecule has 0 spiro atoms. The van der Waals surface area contributed by atoms with E-state index in [-0.39, 0.29) is 5.91 Å². The Balaban J connectivity index is 1.92. The molecule has 0 unspecified atom stereocenters. The Labute approximate surface area is 138 Å². The lowest BCUT2D eigenvalue weighted by molar-refractivity contribution is 0.0956. The van der Waals surface area contributed by atoms with E-state index in [1.54, 1.807) is 17.4 Å². The standard InChI is InChI=1S/C18H17N3OS/c1-3-15(17-9-6-10-23-17)20-21-18(22)14-11-12(2)19-16-8-5-4-7-13(14)16/h4-11H,3H2,1-2H3,(H,21,22)/b20-15-. The van der Waals surface area contributed by atoms with Crippen LogP contribution >= 0.6 is 11.3 Å². The number of hydrogen-bond donors (Lipinski definition) is 1. The van der Waals surface area contributed by atoms with Gasteiger partial charge in [0.15, 0.2) is 0 Å². The Bertz CT molecular complexity index is 869. The molecule has 2 aromatic heterocycles. The molecular formula is C18H17N3OS. The van der Waals surface area contributed by atoms with E-state index in [4.69, 9.17) is 0 Å². The van der Waals surface area contributed by atoms with Crippen LogP contribution in [0.5, 0.6) is 0 Å². The normalized spacial score (nSPS) is 11.7. The summed E-state index contributed by atoms with van der Waals surface area (Å²) in [5.41, 5.74) is 5.79. The summed E-state index contributed by atoms with van der Waals surface area (Å²) in [4.78, 5) is 18.1. The molecule has 0 bridgehead atoms. The third kappa shape index (κ3) is 3.29. The van der Waals surface area contributed by atoms with Gasteiger partial charge in [-0.3, -0.25) is 9.78 Å². The van der Waals surface area contributed by atoms with Crippen molar-refractivity contribution in [1.29, 1.82) is 0 Å². The van der Waals surface area contributed by atoms with E-state index < -0.39 is 0 Å². The van der Waals surface area contributed by atoms with Gasteiger partial charge in [-0.05, 0) is 36.9 Å². The van der Waals surface area contributed by atoms with Crippen molar-refractivity contribution in [3.63, 3.8) is 0 Å². The number of hydrazone groups is 1.